The van der Waals surface area contributed by atoms with Gasteiger partial charge in [-0.15, -0.1) is 0 Å². The first kappa shape index (κ1) is 20.7. The Hall–Kier alpha value is -3.03. The van der Waals surface area contributed by atoms with Crippen LogP contribution >= 0.6 is 0 Å². The number of nitrogens with zero attached hydrogens (tertiary/aromatic N) is 2. The molecule has 0 aliphatic heterocycles. The molecule has 0 unspecified atom stereocenters. The first-order valence-corrected chi connectivity index (χ1v) is 9.09. The molecule has 1 heterocycles. The Morgan fingerprint density at radius 3 is 2.28 bits per heavy atom. The second kappa shape index (κ2) is 7.42. The standard InChI is InChI=1S/C21H22F3N3O2/c1-20(2,14-7-6-8-15(11-14)21(22,23)24)13-25-18(28)12-27-17-10-5-4-9-16(17)26(3)19(27)29/h4-11H,12-13H2,1-3H3,(H,25,28). The SMILES string of the molecule is Cn1c(=O)n(CC(=O)NCC(C)(C)c2cccc(C(F)(F)F)c2)c2ccccc21. The number of carbonyl (C=O) groups is 1. The Labute approximate surface area is 165 Å². The number of alkyl halides is 3. The molecule has 8 heteroatoms. The molecule has 3 aromatic rings. The van der Waals surface area contributed by atoms with Crippen LogP contribution in [0, 0.1) is 0 Å². The number of hydrogen-bond acceptors (Lipinski definition) is 2. The van der Waals surface area contributed by atoms with Crippen molar-refractivity contribution in [1.82, 2.24) is 14.5 Å². The van der Waals surface area contributed by atoms with Gasteiger partial charge in [0.2, 0.25) is 5.91 Å². The zero-order chi connectivity index (χ0) is 21.4. The summed E-state index contributed by atoms with van der Waals surface area (Å²) in [6, 6.07) is 12.2. The molecule has 1 amide bonds. The zero-order valence-corrected chi connectivity index (χ0v) is 16.4. The number of imidazole rings is 1. The number of hydrogen-bond donors (Lipinski definition) is 1. The molecule has 1 N–H and O–H groups in total. The maximum absolute atomic E-state index is 13.0. The number of nitrogens with one attached hydrogen (secondary N) is 1. The zero-order valence-electron chi connectivity index (χ0n) is 16.4. The third-order valence-electron chi connectivity index (χ3n) is 5.05. The van der Waals surface area contributed by atoms with Gasteiger partial charge in [-0.25, -0.2) is 4.79 Å². The molecule has 0 radical (unpaired) electrons. The number of halogens is 3. The van der Waals surface area contributed by atoms with Crippen molar-refractivity contribution in [2.24, 2.45) is 7.05 Å². The number of aromatic nitrogens is 2. The maximum atomic E-state index is 13.0. The average molecular weight is 405 g/mol. The number of carbonyl (C=O) groups excluding carboxylic acids is 1. The van der Waals surface area contributed by atoms with Gasteiger partial charge >= 0.3 is 11.9 Å². The summed E-state index contributed by atoms with van der Waals surface area (Å²) in [5.74, 6) is -0.386. The lowest BCUT2D eigenvalue weighted by Crippen LogP contribution is -2.39. The number of amides is 1. The first-order chi connectivity index (χ1) is 13.5. The number of rotatable bonds is 5. The molecule has 0 fully saturated rings. The van der Waals surface area contributed by atoms with Gasteiger partial charge in [0, 0.05) is 19.0 Å². The van der Waals surface area contributed by atoms with Crippen LogP contribution in [0.25, 0.3) is 11.0 Å². The fourth-order valence-corrected chi connectivity index (χ4v) is 3.25. The number of aryl methyl sites for hydroxylation is 1. The minimum atomic E-state index is -4.43. The molecule has 1 aromatic heterocycles. The summed E-state index contributed by atoms with van der Waals surface area (Å²) < 4.78 is 41.8. The molecule has 0 bridgehead atoms. The van der Waals surface area contributed by atoms with Crippen LogP contribution in [0.2, 0.25) is 0 Å². The second-order valence-electron chi connectivity index (χ2n) is 7.66. The van der Waals surface area contributed by atoms with E-state index in [9.17, 15) is 22.8 Å². The molecule has 3 rings (SSSR count). The van der Waals surface area contributed by atoms with E-state index < -0.39 is 17.2 Å². The normalized spacial score (nSPS) is 12.3. The number of para-hydroxylation sites is 2. The van der Waals surface area contributed by atoms with E-state index in [2.05, 4.69) is 5.32 Å². The van der Waals surface area contributed by atoms with E-state index >= 15 is 0 Å². The van der Waals surface area contributed by atoms with Gasteiger partial charge in [-0.2, -0.15) is 13.2 Å². The predicted octanol–water partition coefficient (Wildman–Crippen LogP) is 3.45. The number of benzene rings is 2. The lowest BCUT2D eigenvalue weighted by molar-refractivity contribution is -0.137. The third-order valence-corrected chi connectivity index (χ3v) is 5.05. The van der Waals surface area contributed by atoms with E-state index in [4.69, 9.17) is 0 Å². The molecule has 0 atom stereocenters. The Morgan fingerprint density at radius 2 is 1.62 bits per heavy atom. The second-order valence-corrected chi connectivity index (χ2v) is 7.66. The highest BCUT2D eigenvalue weighted by Gasteiger charge is 2.32. The van der Waals surface area contributed by atoms with E-state index in [1.54, 1.807) is 45.2 Å². The van der Waals surface area contributed by atoms with Gasteiger partial charge in [-0.3, -0.25) is 13.9 Å². The van der Waals surface area contributed by atoms with Gasteiger partial charge in [-0.1, -0.05) is 44.2 Å². The minimum absolute atomic E-state index is 0.132. The average Bonchev–Trinajstić information content (AvgIpc) is 2.91. The Bertz CT molecular complexity index is 1110. The van der Waals surface area contributed by atoms with Crippen LogP contribution in [0.4, 0.5) is 13.2 Å². The molecule has 154 valence electrons. The largest absolute Gasteiger partial charge is 0.416 e. The lowest BCUT2D eigenvalue weighted by Gasteiger charge is -2.26. The third kappa shape index (κ3) is 4.21. The van der Waals surface area contributed by atoms with E-state index in [1.807, 2.05) is 6.07 Å². The topological polar surface area (TPSA) is 56.0 Å². The summed E-state index contributed by atoms with van der Waals surface area (Å²) in [5.41, 5.74) is 0.0766. The Kier molecular flexibility index (Phi) is 5.30. The highest BCUT2D eigenvalue weighted by Crippen LogP contribution is 2.32. The predicted molar refractivity (Wildman–Crippen MR) is 105 cm³/mol. The van der Waals surface area contributed by atoms with Crippen molar-refractivity contribution in [2.45, 2.75) is 32.0 Å². The highest BCUT2D eigenvalue weighted by atomic mass is 19.4. The van der Waals surface area contributed by atoms with Crippen LogP contribution in [0.3, 0.4) is 0 Å². The van der Waals surface area contributed by atoms with Crippen molar-refractivity contribution in [3.8, 4) is 0 Å². The van der Waals surface area contributed by atoms with E-state index in [0.717, 1.165) is 17.6 Å². The first-order valence-electron chi connectivity index (χ1n) is 9.09. The van der Waals surface area contributed by atoms with Crippen molar-refractivity contribution >= 4 is 16.9 Å². The van der Waals surface area contributed by atoms with Crippen molar-refractivity contribution in [2.75, 3.05) is 6.54 Å². The van der Waals surface area contributed by atoms with Gasteiger partial charge in [-0.05, 0) is 23.8 Å². The van der Waals surface area contributed by atoms with Crippen molar-refractivity contribution in [3.63, 3.8) is 0 Å². The van der Waals surface area contributed by atoms with Crippen LogP contribution in [-0.2, 0) is 30.0 Å². The van der Waals surface area contributed by atoms with E-state index in [-0.39, 0.29) is 24.7 Å². The summed E-state index contributed by atoms with van der Waals surface area (Å²) in [5, 5.41) is 2.74. The molecule has 2 aromatic carbocycles. The minimum Gasteiger partial charge on any atom is -0.354 e. The van der Waals surface area contributed by atoms with Gasteiger partial charge < -0.3 is 5.32 Å². The lowest BCUT2D eigenvalue weighted by atomic mass is 9.83. The summed E-state index contributed by atoms with van der Waals surface area (Å²) in [4.78, 5) is 24.9. The van der Waals surface area contributed by atoms with Gasteiger partial charge in [0.25, 0.3) is 0 Å². The molecule has 29 heavy (non-hydrogen) atoms. The summed E-state index contributed by atoms with van der Waals surface area (Å²) in [6.45, 7) is 3.48. The highest BCUT2D eigenvalue weighted by molar-refractivity contribution is 5.80. The molecule has 5 nitrogen and oxygen atoms in total. The molecule has 0 aliphatic carbocycles. The fourth-order valence-electron chi connectivity index (χ4n) is 3.25. The summed E-state index contributed by atoms with van der Waals surface area (Å²) in [6.07, 6.45) is -4.43. The Balaban J connectivity index is 1.74. The Morgan fingerprint density at radius 1 is 1.00 bits per heavy atom. The monoisotopic (exact) mass is 405 g/mol. The molecular formula is C21H22F3N3O2. The van der Waals surface area contributed by atoms with Crippen LogP contribution < -0.4 is 11.0 Å². The van der Waals surface area contributed by atoms with Crippen molar-refractivity contribution < 1.29 is 18.0 Å². The van der Waals surface area contributed by atoms with Crippen LogP contribution in [0.1, 0.15) is 25.0 Å². The van der Waals surface area contributed by atoms with Crippen molar-refractivity contribution in [3.05, 3.63) is 70.1 Å². The van der Waals surface area contributed by atoms with Gasteiger partial charge in [0.05, 0.1) is 16.6 Å². The molecular weight excluding hydrogens is 383 g/mol. The van der Waals surface area contributed by atoms with Gasteiger partial charge in [0.15, 0.2) is 0 Å². The van der Waals surface area contributed by atoms with Crippen LogP contribution in [-0.4, -0.2) is 21.6 Å². The van der Waals surface area contributed by atoms with Crippen LogP contribution in [0.15, 0.2) is 53.3 Å². The van der Waals surface area contributed by atoms with E-state index in [0.29, 0.717) is 11.1 Å². The maximum Gasteiger partial charge on any atom is 0.416 e. The number of fused-ring (bicyclic) bond motifs is 1. The van der Waals surface area contributed by atoms with Gasteiger partial charge in [0.1, 0.15) is 6.54 Å². The molecule has 0 saturated heterocycles. The van der Waals surface area contributed by atoms with Crippen LogP contribution in [0.5, 0.6) is 0 Å². The van der Waals surface area contributed by atoms with E-state index in [1.165, 1.54) is 15.2 Å². The quantitative estimate of drug-likeness (QED) is 0.707. The molecule has 0 saturated carbocycles. The molecule has 0 aliphatic rings. The van der Waals surface area contributed by atoms with Crippen molar-refractivity contribution in [1.29, 1.82) is 0 Å². The summed E-state index contributed by atoms with van der Waals surface area (Å²) in [7, 11) is 1.63. The smallest absolute Gasteiger partial charge is 0.354 e. The fraction of sp³-hybridized carbons (Fsp3) is 0.333. The summed E-state index contributed by atoms with van der Waals surface area (Å²) >= 11 is 0. The molecule has 0 spiro atoms.